The molecule has 1 aromatic carbocycles. The van der Waals surface area contributed by atoms with E-state index >= 15 is 0 Å². The SMILES string of the molecule is N#C[C@@H](Cc1ccc(F)cc1F)C(=O)O. The molecule has 0 saturated heterocycles. The first-order chi connectivity index (χ1) is 7.04. The van der Waals surface area contributed by atoms with E-state index in [1.807, 2.05) is 0 Å². The van der Waals surface area contributed by atoms with Gasteiger partial charge >= 0.3 is 5.97 Å². The van der Waals surface area contributed by atoms with E-state index < -0.39 is 23.5 Å². The van der Waals surface area contributed by atoms with Crippen LogP contribution in [0.3, 0.4) is 0 Å². The van der Waals surface area contributed by atoms with Gasteiger partial charge in [0.25, 0.3) is 0 Å². The second-order valence-electron chi connectivity index (χ2n) is 2.96. The molecule has 5 heteroatoms. The van der Waals surface area contributed by atoms with Gasteiger partial charge in [0, 0.05) is 12.5 Å². The van der Waals surface area contributed by atoms with Gasteiger partial charge in [-0.15, -0.1) is 0 Å². The van der Waals surface area contributed by atoms with Gasteiger partial charge in [-0.25, -0.2) is 8.78 Å². The Labute approximate surface area is 84.6 Å². The summed E-state index contributed by atoms with van der Waals surface area (Å²) in [6.07, 6.45) is -0.266. The number of carboxylic acids is 1. The van der Waals surface area contributed by atoms with Gasteiger partial charge in [-0.3, -0.25) is 4.79 Å². The van der Waals surface area contributed by atoms with E-state index in [0.29, 0.717) is 6.07 Å². The van der Waals surface area contributed by atoms with Crippen molar-refractivity contribution in [3.63, 3.8) is 0 Å². The predicted molar refractivity (Wildman–Crippen MR) is 46.8 cm³/mol. The highest BCUT2D eigenvalue weighted by atomic mass is 19.1. The van der Waals surface area contributed by atoms with Gasteiger partial charge in [0.15, 0.2) is 0 Å². The van der Waals surface area contributed by atoms with Crippen molar-refractivity contribution in [3.8, 4) is 6.07 Å². The van der Waals surface area contributed by atoms with Crippen LogP contribution in [-0.4, -0.2) is 11.1 Å². The molecular weight excluding hydrogens is 204 g/mol. The number of carbonyl (C=O) groups is 1. The summed E-state index contributed by atoms with van der Waals surface area (Å²) in [7, 11) is 0. The van der Waals surface area contributed by atoms with Crippen molar-refractivity contribution < 1.29 is 18.7 Å². The molecule has 0 aliphatic heterocycles. The summed E-state index contributed by atoms with van der Waals surface area (Å²) in [6, 6.07) is 4.35. The molecule has 0 unspecified atom stereocenters. The Hall–Kier alpha value is -1.96. The number of hydrogen-bond acceptors (Lipinski definition) is 2. The maximum Gasteiger partial charge on any atom is 0.321 e. The molecule has 0 radical (unpaired) electrons. The van der Waals surface area contributed by atoms with Gasteiger partial charge in [0.1, 0.15) is 17.6 Å². The Kier molecular flexibility index (Phi) is 3.34. The Morgan fingerprint density at radius 2 is 2.20 bits per heavy atom. The predicted octanol–water partition coefficient (Wildman–Crippen LogP) is 1.73. The largest absolute Gasteiger partial charge is 0.480 e. The van der Waals surface area contributed by atoms with E-state index in [-0.39, 0.29) is 12.0 Å². The fraction of sp³-hybridized carbons (Fsp3) is 0.200. The minimum atomic E-state index is -1.32. The van der Waals surface area contributed by atoms with Gasteiger partial charge in [-0.2, -0.15) is 5.26 Å². The molecule has 0 spiro atoms. The zero-order valence-corrected chi connectivity index (χ0v) is 7.58. The topological polar surface area (TPSA) is 61.1 Å². The van der Waals surface area contributed by atoms with Crippen molar-refractivity contribution in [1.82, 2.24) is 0 Å². The van der Waals surface area contributed by atoms with Crippen molar-refractivity contribution >= 4 is 5.97 Å². The number of carboxylic acid groups (broad SMARTS) is 1. The maximum absolute atomic E-state index is 13.1. The fourth-order valence-corrected chi connectivity index (χ4v) is 1.10. The summed E-state index contributed by atoms with van der Waals surface area (Å²) in [6.45, 7) is 0. The lowest BCUT2D eigenvalue weighted by Crippen LogP contribution is -2.15. The van der Waals surface area contributed by atoms with Crippen molar-refractivity contribution in [2.24, 2.45) is 5.92 Å². The Morgan fingerprint density at radius 3 is 2.67 bits per heavy atom. The molecule has 3 nitrogen and oxygen atoms in total. The third-order valence-corrected chi connectivity index (χ3v) is 1.89. The number of nitrogens with zero attached hydrogens (tertiary/aromatic N) is 1. The van der Waals surface area contributed by atoms with Crippen LogP contribution in [-0.2, 0) is 11.2 Å². The van der Waals surface area contributed by atoms with Crippen molar-refractivity contribution in [1.29, 1.82) is 5.26 Å². The number of halogens is 2. The van der Waals surface area contributed by atoms with Crippen LogP contribution >= 0.6 is 0 Å². The average Bonchev–Trinajstić information content (AvgIpc) is 2.16. The molecule has 0 aliphatic carbocycles. The molecule has 0 aromatic heterocycles. The zero-order valence-electron chi connectivity index (χ0n) is 7.58. The standard InChI is InChI=1S/C10H7F2NO2/c11-8-2-1-6(9(12)4-8)3-7(5-13)10(14)15/h1-2,4,7H,3H2,(H,14,15)/t7-/m1/s1. The smallest absolute Gasteiger partial charge is 0.321 e. The first kappa shape index (κ1) is 11.1. The third-order valence-electron chi connectivity index (χ3n) is 1.89. The molecule has 0 amide bonds. The summed E-state index contributed by atoms with van der Waals surface area (Å²) < 4.78 is 25.6. The van der Waals surface area contributed by atoms with E-state index in [2.05, 4.69) is 0 Å². The van der Waals surface area contributed by atoms with E-state index in [1.165, 1.54) is 6.07 Å². The fourth-order valence-electron chi connectivity index (χ4n) is 1.10. The number of benzene rings is 1. The van der Waals surface area contributed by atoms with Crippen LogP contribution in [0.2, 0.25) is 0 Å². The molecule has 1 aromatic rings. The molecule has 1 atom stereocenters. The molecule has 0 aliphatic rings. The van der Waals surface area contributed by atoms with Crippen LogP contribution in [0.1, 0.15) is 5.56 Å². The molecule has 1 rings (SSSR count). The minimum Gasteiger partial charge on any atom is -0.480 e. The quantitative estimate of drug-likeness (QED) is 0.828. The zero-order chi connectivity index (χ0) is 11.4. The molecule has 0 bridgehead atoms. The monoisotopic (exact) mass is 211 g/mol. The van der Waals surface area contributed by atoms with Crippen molar-refractivity contribution in [3.05, 3.63) is 35.4 Å². The lowest BCUT2D eigenvalue weighted by atomic mass is 10.0. The summed E-state index contributed by atoms with van der Waals surface area (Å²) in [5.74, 6) is -4.21. The lowest BCUT2D eigenvalue weighted by molar-refractivity contribution is -0.139. The molecule has 78 valence electrons. The van der Waals surface area contributed by atoms with E-state index in [9.17, 15) is 13.6 Å². The van der Waals surface area contributed by atoms with Gasteiger partial charge in [0.2, 0.25) is 0 Å². The van der Waals surface area contributed by atoms with Crippen LogP contribution in [0, 0.1) is 28.9 Å². The molecule has 0 heterocycles. The molecule has 15 heavy (non-hydrogen) atoms. The Balaban J connectivity index is 2.90. The maximum atomic E-state index is 13.1. The first-order valence-electron chi connectivity index (χ1n) is 4.11. The number of rotatable bonds is 3. The highest BCUT2D eigenvalue weighted by Crippen LogP contribution is 2.14. The first-order valence-corrected chi connectivity index (χ1v) is 4.11. The van der Waals surface area contributed by atoms with E-state index in [0.717, 1.165) is 12.1 Å². The second-order valence-corrected chi connectivity index (χ2v) is 2.96. The number of hydrogen-bond donors (Lipinski definition) is 1. The van der Waals surface area contributed by atoms with Crippen LogP contribution in [0.15, 0.2) is 18.2 Å². The Bertz CT molecular complexity index is 426. The summed E-state index contributed by atoms with van der Waals surface area (Å²) in [4.78, 5) is 10.5. The third kappa shape index (κ3) is 2.74. The van der Waals surface area contributed by atoms with Crippen LogP contribution in [0.4, 0.5) is 8.78 Å². The average molecular weight is 211 g/mol. The van der Waals surface area contributed by atoms with E-state index in [4.69, 9.17) is 10.4 Å². The molecule has 0 saturated carbocycles. The number of aliphatic carboxylic acids is 1. The Morgan fingerprint density at radius 1 is 1.53 bits per heavy atom. The van der Waals surface area contributed by atoms with Crippen LogP contribution in [0.5, 0.6) is 0 Å². The van der Waals surface area contributed by atoms with Crippen LogP contribution < -0.4 is 0 Å². The van der Waals surface area contributed by atoms with Crippen molar-refractivity contribution in [2.45, 2.75) is 6.42 Å². The molecule has 0 fully saturated rings. The summed E-state index contributed by atoms with van der Waals surface area (Å²) in [5.41, 5.74) is 0.0188. The molecule has 1 N–H and O–H groups in total. The summed E-state index contributed by atoms with van der Waals surface area (Å²) >= 11 is 0. The van der Waals surface area contributed by atoms with Gasteiger partial charge < -0.3 is 5.11 Å². The van der Waals surface area contributed by atoms with E-state index in [1.54, 1.807) is 0 Å². The van der Waals surface area contributed by atoms with Gasteiger partial charge in [-0.05, 0) is 11.6 Å². The van der Waals surface area contributed by atoms with Gasteiger partial charge in [-0.1, -0.05) is 6.07 Å². The van der Waals surface area contributed by atoms with Crippen LogP contribution in [0.25, 0.3) is 0 Å². The van der Waals surface area contributed by atoms with Gasteiger partial charge in [0.05, 0.1) is 6.07 Å². The summed E-state index contributed by atoms with van der Waals surface area (Å²) in [5, 5.41) is 17.0. The highest BCUT2D eigenvalue weighted by Gasteiger charge is 2.18. The second kappa shape index (κ2) is 4.51. The van der Waals surface area contributed by atoms with Crippen molar-refractivity contribution in [2.75, 3.05) is 0 Å². The lowest BCUT2D eigenvalue weighted by Gasteiger charge is -2.04. The number of nitriles is 1. The molecular formula is C10H7F2NO2. The highest BCUT2D eigenvalue weighted by molar-refractivity contribution is 5.73. The normalized spacial score (nSPS) is 11.8. The minimum absolute atomic E-state index is 0.0188.